The summed E-state index contributed by atoms with van der Waals surface area (Å²) in [7, 11) is 2.06. The standard InChI is InChI=1S/C18H23N5S/c1-4-19-17(22(3)12-15-7-5-14(2)6-8-15)20-11-16-13-23-9-10-24-18(23)21-16/h5-10,13H,4,11-12H2,1-3H3,(H,19,20). The second-order valence-corrected chi connectivity index (χ2v) is 6.71. The predicted molar refractivity (Wildman–Crippen MR) is 101 cm³/mol. The van der Waals surface area contributed by atoms with Crippen LogP contribution in [0.5, 0.6) is 0 Å². The summed E-state index contributed by atoms with van der Waals surface area (Å²) >= 11 is 1.64. The molecule has 0 spiro atoms. The minimum Gasteiger partial charge on any atom is -0.357 e. The van der Waals surface area contributed by atoms with E-state index in [9.17, 15) is 0 Å². The Morgan fingerprint density at radius 3 is 2.83 bits per heavy atom. The largest absolute Gasteiger partial charge is 0.357 e. The Labute approximate surface area is 146 Å². The number of hydrogen-bond acceptors (Lipinski definition) is 3. The van der Waals surface area contributed by atoms with Gasteiger partial charge in [0.1, 0.15) is 0 Å². The van der Waals surface area contributed by atoms with Gasteiger partial charge in [0.15, 0.2) is 10.9 Å². The molecular formula is C18H23N5S. The third kappa shape index (κ3) is 3.94. The lowest BCUT2D eigenvalue weighted by Gasteiger charge is -2.22. The average Bonchev–Trinajstić information content (AvgIpc) is 3.15. The van der Waals surface area contributed by atoms with Crippen LogP contribution in [0.25, 0.3) is 4.96 Å². The number of aliphatic imine (C=N–C) groups is 1. The van der Waals surface area contributed by atoms with Gasteiger partial charge >= 0.3 is 0 Å². The maximum atomic E-state index is 4.73. The molecule has 0 aliphatic heterocycles. The Balaban J connectivity index is 1.69. The second-order valence-electron chi connectivity index (χ2n) is 5.84. The fourth-order valence-corrected chi connectivity index (χ4v) is 3.24. The Kier molecular flexibility index (Phi) is 5.15. The molecule has 5 nitrogen and oxygen atoms in total. The van der Waals surface area contributed by atoms with Crippen molar-refractivity contribution in [2.45, 2.75) is 26.9 Å². The van der Waals surface area contributed by atoms with Crippen LogP contribution >= 0.6 is 11.3 Å². The van der Waals surface area contributed by atoms with E-state index in [0.717, 1.165) is 29.7 Å². The summed E-state index contributed by atoms with van der Waals surface area (Å²) in [6, 6.07) is 8.62. The van der Waals surface area contributed by atoms with E-state index in [0.29, 0.717) is 6.54 Å². The zero-order valence-corrected chi connectivity index (χ0v) is 15.2. The first-order valence-electron chi connectivity index (χ1n) is 8.12. The highest BCUT2D eigenvalue weighted by atomic mass is 32.1. The molecule has 2 aromatic heterocycles. The van der Waals surface area contributed by atoms with Gasteiger partial charge in [0.25, 0.3) is 0 Å². The van der Waals surface area contributed by atoms with Gasteiger partial charge in [-0.25, -0.2) is 9.98 Å². The summed E-state index contributed by atoms with van der Waals surface area (Å²) in [6.45, 7) is 6.44. The molecule has 2 heterocycles. The van der Waals surface area contributed by atoms with Gasteiger partial charge in [0, 0.05) is 37.9 Å². The molecule has 3 rings (SSSR count). The van der Waals surface area contributed by atoms with Gasteiger partial charge in [-0.15, -0.1) is 11.3 Å². The monoisotopic (exact) mass is 341 g/mol. The number of hydrogen-bond donors (Lipinski definition) is 1. The van der Waals surface area contributed by atoms with Crippen molar-refractivity contribution < 1.29 is 0 Å². The molecular weight excluding hydrogens is 318 g/mol. The van der Waals surface area contributed by atoms with Gasteiger partial charge in [-0.3, -0.25) is 4.40 Å². The lowest BCUT2D eigenvalue weighted by Crippen LogP contribution is -2.38. The lowest BCUT2D eigenvalue weighted by atomic mass is 10.1. The Morgan fingerprint density at radius 2 is 2.12 bits per heavy atom. The fourth-order valence-electron chi connectivity index (χ4n) is 2.52. The topological polar surface area (TPSA) is 44.9 Å². The third-order valence-electron chi connectivity index (χ3n) is 3.77. The van der Waals surface area contributed by atoms with Crippen LogP contribution in [0.2, 0.25) is 0 Å². The van der Waals surface area contributed by atoms with E-state index < -0.39 is 0 Å². The van der Waals surface area contributed by atoms with Crippen LogP contribution < -0.4 is 5.32 Å². The quantitative estimate of drug-likeness (QED) is 0.572. The van der Waals surface area contributed by atoms with Crippen molar-refractivity contribution in [3.63, 3.8) is 0 Å². The van der Waals surface area contributed by atoms with Crippen LogP contribution in [0, 0.1) is 6.92 Å². The number of thiazole rings is 1. The van der Waals surface area contributed by atoms with Crippen LogP contribution in [0.4, 0.5) is 0 Å². The molecule has 0 radical (unpaired) electrons. The van der Waals surface area contributed by atoms with Crippen molar-refractivity contribution >= 4 is 22.3 Å². The number of rotatable bonds is 5. The van der Waals surface area contributed by atoms with Crippen molar-refractivity contribution in [1.29, 1.82) is 0 Å². The molecule has 3 aromatic rings. The summed E-state index contributed by atoms with van der Waals surface area (Å²) in [6.07, 6.45) is 4.06. The number of aromatic nitrogens is 2. The molecule has 6 heteroatoms. The normalized spacial score (nSPS) is 11.9. The van der Waals surface area contributed by atoms with Gasteiger partial charge in [0.05, 0.1) is 12.2 Å². The zero-order valence-electron chi connectivity index (χ0n) is 14.4. The van der Waals surface area contributed by atoms with E-state index >= 15 is 0 Å². The highest BCUT2D eigenvalue weighted by Gasteiger charge is 2.08. The van der Waals surface area contributed by atoms with Gasteiger partial charge in [0.2, 0.25) is 0 Å². The molecule has 24 heavy (non-hydrogen) atoms. The van der Waals surface area contributed by atoms with Crippen LogP contribution in [0.15, 0.2) is 47.0 Å². The molecule has 0 aliphatic rings. The Morgan fingerprint density at radius 1 is 1.33 bits per heavy atom. The number of aryl methyl sites for hydroxylation is 1. The van der Waals surface area contributed by atoms with Crippen molar-refractivity contribution in [1.82, 2.24) is 19.6 Å². The van der Waals surface area contributed by atoms with Crippen LogP contribution in [0.1, 0.15) is 23.7 Å². The second kappa shape index (κ2) is 7.49. The molecule has 0 bridgehead atoms. The summed E-state index contributed by atoms with van der Waals surface area (Å²) in [5.74, 6) is 0.898. The molecule has 0 fully saturated rings. The highest BCUT2D eigenvalue weighted by Crippen LogP contribution is 2.12. The maximum Gasteiger partial charge on any atom is 0.194 e. The van der Waals surface area contributed by atoms with Gasteiger partial charge in [-0.05, 0) is 19.4 Å². The lowest BCUT2D eigenvalue weighted by molar-refractivity contribution is 0.476. The summed E-state index contributed by atoms with van der Waals surface area (Å²) in [5.41, 5.74) is 3.54. The maximum absolute atomic E-state index is 4.73. The Bertz CT molecular complexity index is 787. The number of nitrogens with zero attached hydrogens (tertiary/aromatic N) is 4. The molecule has 126 valence electrons. The van der Waals surface area contributed by atoms with E-state index in [4.69, 9.17) is 4.99 Å². The number of guanidine groups is 1. The Hall–Kier alpha value is -2.34. The first-order chi connectivity index (χ1) is 11.7. The SMILES string of the molecule is CCNC(=NCc1cn2ccsc2n1)N(C)Cc1ccc(C)cc1. The van der Waals surface area contributed by atoms with E-state index in [1.54, 1.807) is 11.3 Å². The summed E-state index contributed by atoms with van der Waals surface area (Å²) < 4.78 is 2.04. The van der Waals surface area contributed by atoms with E-state index in [1.807, 2.05) is 22.2 Å². The molecule has 0 aliphatic carbocycles. The molecule has 1 aromatic carbocycles. The van der Waals surface area contributed by atoms with Crippen molar-refractivity contribution in [2.24, 2.45) is 4.99 Å². The number of fused-ring (bicyclic) bond motifs is 1. The van der Waals surface area contributed by atoms with Crippen LogP contribution in [-0.4, -0.2) is 33.8 Å². The van der Waals surface area contributed by atoms with E-state index in [-0.39, 0.29) is 0 Å². The minimum absolute atomic E-state index is 0.578. The van der Waals surface area contributed by atoms with Crippen molar-refractivity contribution in [2.75, 3.05) is 13.6 Å². The summed E-state index contributed by atoms with van der Waals surface area (Å²) in [4.78, 5) is 12.5. The molecule has 0 saturated heterocycles. The van der Waals surface area contributed by atoms with Crippen LogP contribution in [-0.2, 0) is 13.1 Å². The highest BCUT2D eigenvalue weighted by molar-refractivity contribution is 7.15. The van der Waals surface area contributed by atoms with Crippen LogP contribution in [0.3, 0.4) is 0 Å². The van der Waals surface area contributed by atoms with Gasteiger partial charge < -0.3 is 10.2 Å². The summed E-state index contributed by atoms with van der Waals surface area (Å²) in [5, 5.41) is 5.39. The van der Waals surface area contributed by atoms with E-state index in [1.165, 1.54) is 11.1 Å². The zero-order chi connectivity index (χ0) is 16.9. The number of imidazole rings is 1. The number of benzene rings is 1. The van der Waals surface area contributed by atoms with Crippen molar-refractivity contribution in [3.8, 4) is 0 Å². The average molecular weight is 341 g/mol. The molecule has 0 unspecified atom stereocenters. The predicted octanol–water partition coefficient (Wildman–Crippen LogP) is 3.30. The third-order valence-corrected chi connectivity index (χ3v) is 4.54. The minimum atomic E-state index is 0.578. The van der Waals surface area contributed by atoms with Gasteiger partial charge in [-0.1, -0.05) is 29.8 Å². The molecule has 0 atom stereocenters. The smallest absolute Gasteiger partial charge is 0.194 e. The molecule has 1 N–H and O–H groups in total. The van der Waals surface area contributed by atoms with E-state index in [2.05, 4.69) is 60.4 Å². The molecule has 0 saturated carbocycles. The first-order valence-corrected chi connectivity index (χ1v) is 8.99. The number of nitrogens with one attached hydrogen (secondary N) is 1. The van der Waals surface area contributed by atoms with Gasteiger partial charge in [-0.2, -0.15) is 0 Å². The first kappa shape index (κ1) is 16.5. The molecule has 0 amide bonds. The fraction of sp³-hybridized carbons (Fsp3) is 0.333. The van der Waals surface area contributed by atoms with Crippen molar-refractivity contribution in [3.05, 3.63) is 58.9 Å².